The molecule has 118 valence electrons. The van der Waals surface area contributed by atoms with E-state index in [-0.39, 0.29) is 30.1 Å². The Hall–Kier alpha value is -2.04. The van der Waals surface area contributed by atoms with Crippen molar-refractivity contribution in [1.82, 2.24) is 4.90 Å². The van der Waals surface area contributed by atoms with Crippen molar-refractivity contribution in [1.29, 1.82) is 0 Å². The Morgan fingerprint density at radius 1 is 1.18 bits per heavy atom. The highest BCUT2D eigenvalue weighted by Crippen LogP contribution is 2.37. The normalized spacial score (nSPS) is 24.4. The van der Waals surface area contributed by atoms with Gasteiger partial charge in [-0.05, 0) is 25.0 Å². The van der Waals surface area contributed by atoms with Gasteiger partial charge in [-0.2, -0.15) is 0 Å². The smallest absolute Gasteiger partial charge is 0.230 e. The minimum Gasteiger partial charge on any atom is -0.497 e. The second-order valence-corrected chi connectivity index (χ2v) is 5.95. The lowest BCUT2D eigenvalue weighted by Gasteiger charge is -2.37. The average molecular weight is 303 g/mol. The first-order chi connectivity index (χ1) is 10.6. The van der Waals surface area contributed by atoms with Crippen LogP contribution in [0.15, 0.2) is 18.2 Å². The van der Waals surface area contributed by atoms with E-state index in [1.54, 1.807) is 14.2 Å². The number of rotatable bonds is 4. The molecule has 0 N–H and O–H groups in total. The summed E-state index contributed by atoms with van der Waals surface area (Å²) in [6.45, 7) is 0.487. The number of methoxy groups -OCH3 is 2. The van der Waals surface area contributed by atoms with E-state index in [0.29, 0.717) is 12.3 Å². The summed E-state index contributed by atoms with van der Waals surface area (Å²) in [5, 5.41) is 0. The molecule has 3 rings (SSSR count). The molecule has 1 aromatic rings. The van der Waals surface area contributed by atoms with Crippen molar-refractivity contribution < 1.29 is 19.1 Å². The number of piperidine rings is 1. The Kier molecular flexibility index (Phi) is 4.05. The molecule has 1 saturated heterocycles. The number of carbonyl (C=O) groups excluding carboxylic acids is 2. The molecular formula is C17H21NO4. The number of fused-ring (bicyclic) bond motifs is 1. The molecule has 5 nitrogen and oxygen atoms in total. The third-order valence-electron chi connectivity index (χ3n) is 4.77. The highest BCUT2D eigenvalue weighted by molar-refractivity contribution is 6.02. The van der Waals surface area contributed by atoms with E-state index >= 15 is 0 Å². The van der Waals surface area contributed by atoms with Gasteiger partial charge in [-0.3, -0.25) is 9.59 Å². The molecule has 1 aliphatic carbocycles. The molecule has 0 aromatic heterocycles. The summed E-state index contributed by atoms with van der Waals surface area (Å²) in [4.78, 5) is 26.2. The number of nitrogens with zero attached hydrogens (tertiary/aromatic N) is 1. The Balaban J connectivity index is 1.85. The van der Waals surface area contributed by atoms with Crippen LogP contribution in [0.3, 0.4) is 0 Å². The van der Waals surface area contributed by atoms with Crippen molar-refractivity contribution in [3.05, 3.63) is 23.8 Å². The number of likely N-dealkylation sites (tertiary alicyclic amines) is 1. The average Bonchev–Trinajstić information content (AvgIpc) is 3.01. The van der Waals surface area contributed by atoms with Gasteiger partial charge in [0.15, 0.2) is 0 Å². The van der Waals surface area contributed by atoms with E-state index < -0.39 is 0 Å². The van der Waals surface area contributed by atoms with Gasteiger partial charge in [-0.1, -0.05) is 6.42 Å². The number of amides is 1. The van der Waals surface area contributed by atoms with Crippen LogP contribution in [0.25, 0.3) is 0 Å². The molecule has 1 saturated carbocycles. The highest BCUT2D eigenvalue weighted by atomic mass is 16.5. The predicted octanol–water partition coefficient (Wildman–Crippen LogP) is 2.17. The maximum absolute atomic E-state index is 12.3. The van der Waals surface area contributed by atoms with Crippen molar-refractivity contribution in [2.24, 2.45) is 5.92 Å². The summed E-state index contributed by atoms with van der Waals surface area (Å²) in [7, 11) is 3.22. The first-order valence-electron chi connectivity index (χ1n) is 7.67. The van der Waals surface area contributed by atoms with Gasteiger partial charge in [0, 0.05) is 30.1 Å². The van der Waals surface area contributed by atoms with Crippen LogP contribution in [0.1, 0.15) is 31.2 Å². The molecule has 0 unspecified atom stereocenters. The van der Waals surface area contributed by atoms with Crippen LogP contribution in [-0.4, -0.2) is 36.9 Å². The highest BCUT2D eigenvalue weighted by Gasteiger charge is 2.43. The van der Waals surface area contributed by atoms with Gasteiger partial charge in [0.1, 0.15) is 17.3 Å². The molecule has 0 radical (unpaired) electrons. The van der Waals surface area contributed by atoms with Crippen LogP contribution < -0.4 is 9.47 Å². The first kappa shape index (κ1) is 14.9. The van der Waals surface area contributed by atoms with Crippen LogP contribution in [0.4, 0.5) is 0 Å². The number of hydrogen-bond acceptors (Lipinski definition) is 4. The van der Waals surface area contributed by atoms with Gasteiger partial charge in [0.05, 0.1) is 20.6 Å². The van der Waals surface area contributed by atoms with Crippen molar-refractivity contribution in [2.45, 2.75) is 38.3 Å². The number of Topliss-reactive ketones (excluding diaryl/α,β-unsaturated/α-hetero) is 1. The van der Waals surface area contributed by atoms with Crippen molar-refractivity contribution in [3.63, 3.8) is 0 Å². The van der Waals surface area contributed by atoms with Gasteiger partial charge in [-0.25, -0.2) is 0 Å². The van der Waals surface area contributed by atoms with Crippen LogP contribution in [-0.2, 0) is 16.1 Å². The fourth-order valence-electron chi connectivity index (χ4n) is 3.63. The molecule has 0 spiro atoms. The summed E-state index contributed by atoms with van der Waals surface area (Å²) in [6.07, 6.45) is 2.89. The molecule has 1 aromatic carbocycles. The van der Waals surface area contributed by atoms with Crippen molar-refractivity contribution in [3.8, 4) is 11.5 Å². The summed E-state index contributed by atoms with van der Waals surface area (Å²) < 4.78 is 10.6. The minimum absolute atomic E-state index is 0.0296. The number of ketones is 1. The maximum Gasteiger partial charge on any atom is 0.230 e. The molecule has 0 bridgehead atoms. The Morgan fingerprint density at radius 3 is 2.73 bits per heavy atom. The molecule has 1 heterocycles. The van der Waals surface area contributed by atoms with Gasteiger partial charge < -0.3 is 14.4 Å². The number of benzene rings is 1. The quantitative estimate of drug-likeness (QED) is 0.800. The lowest BCUT2D eigenvalue weighted by Crippen LogP contribution is -2.49. The fourth-order valence-corrected chi connectivity index (χ4v) is 3.63. The van der Waals surface area contributed by atoms with Crippen LogP contribution in [0.5, 0.6) is 11.5 Å². The lowest BCUT2D eigenvalue weighted by molar-refractivity contribution is -0.146. The molecule has 2 fully saturated rings. The van der Waals surface area contributed by atoms with Gasteiger partial charge in [-0.15, -0.1) is 0 Å². The minimum atomic E-state index is -0.0639. The van der Waals surface area contributed by atoms with Crippen LogP contribution in [0.2, 0.25) is 0 Å². The topological polar surface area (TPSA) is 55.8 Å². The number of hydrogen-bond donors (Lipinski definition) is 0. The van der Waals surface area contributed by atoms with Crippen molar-refractivity contribution >= 4 is 11.7 Å². The number of carbonyl (C=O) groups is 2. The van der Waals surface area contributed by atoms with E-state index in [0.717, 1.165) is 30.6 Å². The van der Waals surface area contributed by atoms with Gasteiger partial charge >= 0.3 is 0 Å². The third-order valence-corrected chi connectivity index (χ3v) is 4.77. The molecule has 2 atom stereocenters. The first-order valence-corrected chi connectivity index (χ1v) is 7.67. The monoisotopic (exact) mass is 303 g/mol. The third kappa shape index (κ3) is 2.56. The van der Waals surface area contributed by atoms with Gasteiger partial charge in [0.25, 0.3) is 0 Å². The zero-order valence-corrected chi connectivity index (χ0v) is 13.0. The Morgan fingerprint density at radius 2 is 2.00 bits per heavy atom. The van der Waals surface area contributed by atoms with E-state index in [2.05, 4.69) is 0 Å². The molecule has 2 aliphatic rings. The SMILES string of the molecule is COc1ccc(CN2C(=O)CC(=O)[C@H]3CCC[C@H]32)c(OC)c1. The zero-order valence-electron chi connectivity index (χ0n) is 13.0. The molecular weight excluding hydrogens is 282 g/mol. The molecule has 1 amide bonds. The lowest BCUT2D eigenvalue weighted by atomic mass is 9.89. The summed E-state index contributed by atoms with van der Waals surface area (Å²) in [6, 6.07) is 5.66. The predicted molar refractivity (Wildman–Crippen MR) is 80.8 cm³/mol. The zero-order chi connectivity index (χ0) is 15.7. The van der Waals surface area contributed by atoms with E-state index in [9.17, 15) is 9.59 Å². The maximum atomic E-state index is 12.3. The second kappa shape index (κ2) is 5.99. The fraction of sp³-hybridized carbons (Fsp3) is 0.529. The van der Waals surface area contributed by atoms with Crippen LogP contribution >= 0.6 is 0 Å². The number of ether oxygens (including phenoxy) is 2. The molecule has 5 heteroatoms. The van der Waals surface area contributed by atoms with Crippen molar-refractivity contribution in [2.75, 3.05) is 14.2 Å². The van der Waals surface area contributed by atoms with Crippen LogP contribution in [0, 0.1) is 5.92 Å². The van der Waals surface area contributed by atoms with Gasteiger partial charge in [0.2, 0.25) is 5.91 Å². The summed E-state index contributed by atoms with van der Waals surface area (Å²) >= 11 is 0. The Bertz CT molecular complexity index is 598. The largest absolute Gasteiger partial charge is 0.497 e. The van der Waals surface area contributed by atoms with E-state index in [4.69, 9.17) is 9.47 Å². The molecule has 22 heavy (non-hydrogen) atoms. The van der Waals surface area contributed by atoms with E-state index in [1.165, 1.54) is 0 Å². The summed E-state index contributed by atoms with van der Waals surface area (Å²) in [5.74, 6) is 1.51. The molecule has 1 aliphatic heterocycles. The van der Waals surface area contributed by atoms with E-state index in [1.807, 2.05) is 23.1 Å². The summed E-state index contributed by atoms with van der Waals surface area (Å²) in [5.41, 5.74) is 0.941. The Labute approximate surface area is 130 Å². The standard InChI is InChI=1S/C17H21NO4/c1-21-12-7-6-11(16(8-12)22-2)10-18-14-5-3-4-13(14)15(19)9-17(18)20/h6-8,13-14H,3-5,9-10H2,1-2H3/t13-,14+/m0/s1. The second-order valence-electron chi connectivity index (χ2n) is 5.95.